The maximum absolute atomic E-state index is 12.1. The van der Waals surface area contributed by atoms with Gasteiger partial charge in [0.15, 0.2) is 0 Å². The molecule has 1 aliphatic carbocycles. The van der Waals surface area contributed by atoms with Crippen LogP contribution in [0.15, 0.2) is 10.5 Å². The number of aryl methyl sites for hydroxylation is 1. The molecule has 0 saturated heterocycles. The molecule has 0 radical (unpaired) electrons. The lowest BCUT2D eigenvalue weighted by Gasteiger charge is -2.16. The van der Waals surface area contributed by atoms with Crippen molar-refractivity contribution in [2.24, 2.45) is 0 Å². The van der Waals surface area contributed by atoms with E-state index in [-0.39, 0.29) is 6.54 Å². The molecule has 114 valence electrons. The molecule has 1 fully saturated rings. The van der Waals surface area contributed by atoms with Gasteiger partial charge in [0, 0.05) is 12.6 Å². The molecule has 1 aromatic rings. The number of hydrogen-bond acceptors (Lipinski definition) is 3. The van der Waals surface area contributed by atoms with Gasteiger partial charge >= 0.3 is 6.18 Å². The highest BCUT2D eigenvalue weighted by atomic mass is 19.4. The maximum Gasteiger partial charge on any atom is 0.390 e. The summed E-state index contributed by atoms with van der Waals surface area (Å²) in [5, 5.41) is 3.37. The fourth-order valence-corrected chi connectivity index (χ4v) is 2.03. The zero-order valence-electron chi connectivity index (χ0n) is 11.9. The molecule has 2 rings (SSSR count). The minimum absolute atomic E-state index is 0.0150. The number of alkyl halides is 3. The quantitative estimate of drug-likeness (QED) is 0.836. The van der Waals surface area contributed by atoms with Gasteiger partial charge in [-0.3, -0.25) is 4.90 Å². The minimum atomic E-state index is -4.10. The van der Waals surface area contributed by atoms with Gasteiger partial charge < -0.3 is 9.73 Å². The maximum atomic E-state index is 12.1. The normalized spacial score (nSPS) is 16.1. The molecular weight excluding hydrogens is 269 g/mol. The second-order valence-electron chi connectivity index (χ2n) is 5.58. The van der Waals surface area contributed by atoms with Crippen LogP contribution < -0.4 is 5.32 Å². The van der Waals surface area contributed by atoms with Crippen LogP contribution >= 0.6 is 0 Å². The molecule has 0 amide bonds. The fourth-order valence-electron chi connectivity index (χ4n) is 2.03. The Bertz CT molecular complexity index is 438. The van der Waals surface area contributed by atoms with E-state index in [0.717, 1.165) is 17.1 Å². The summed E-state index contributed by atoms with van der Waals surface area (Å²) in [6, 6.07) is 2.52. The van der Waals surface area contributed by atoms with E-state index in [1.165, 1.54) is 12.8 Å². The van der Waals surface area contributed by atoms with E-state index < -0.39 is 12.6 Å². The van der Waals surface area contributed by atoms with Crippen LogP contribution in [-0.4, -0.2) is 30.7 Å². The summed E-state index contributed by atoms with van der Waals surface area (Å²) in [7, 11) is 1.67. The molecule has 0 atom stereocenters. The molecule has 1 saturated carbocycles. The molecule has 1 N–H and O–H groups in total. The van der Waals surface area contributed by atoms with E-state index in [2.05, 4.69) is 5.32 Å². The van der Waals surface area contributed by atoms with Crippen molar-refractivity contribution in [3.05, 3.63) is 23.2 Å². The Morgan fingerprint density at radius 2 is 2.10 bits per heavy atom. The van der Waals surface area contributed by atoms with Crippen LogP contribution in [0.25, 0.3) is 0 Å². The topological polar surface area (TPSA) is 28.4 Å². The molecule has 0 unspecified atom stereocenters. The predicted molar refractivity (Wildman–Crippen MR) is 70.3 cm³/mol. The smallest absolute Gasteiger partial charge is 0.390 e. The standard InChI is InChI=1S/C14H21F3N2O/c1-10-7-12(9-19(2)6-5-14(15,16)17)20-13(10)8-18-11-3-4-11/h7,11,18H,3-6,8-9H2,1-2H3. The first-order valence-corrected chi connectivity index (χ1v) is 6.90. The Morgan fingerprint density at radius 1 is 1.40 bits per heavy atom. The first-order chi connectivity index (χ1) is 9.33. The van der Waals surface area contributed by atoms with Crippen LogP contribution in [0.4, 0.5) is 13.2 Å². The molecular formula is C14H21F3N2O. The average molecular weight is 290 g/mol. The van der Waals surface area contributed by atoms with E-state index in [4.69, 9.17) is 4.42 Å². The zero-order valence-corrected chi connectivity index (χ0v) is 11.9. The van der Waals surface area contributed by atoms with Gasteiger partial charge in [-0.2, -0.15) is 13.2 Å². The number of furan rings is 1. The summed E-state index contributed by atoms with van der Waals surface area (Å²) in [4.78, 5) is 1.63. The fraction of sp³-hybridized carbons (Fsp3) is 0.714. The van der Waals surface area contributed by atoms with Crippen molar-refractivity contribution in [1.29, 1.82) is 0 Å². The lowest BCUT2D eigenvalue weighted by Crippen LogP contribution is -2.23. The third-order valence-corrected chi connectivity index (χ3v) is 3.40. The van der Waals surface area contributed by atoms with Crippen molar-refractivity contribution >= 4 is 0 Å². The molecule has 20 heavy (non-hydrogen) atoms. The number of rotatable bonds is 7. The number of halogens is 3. The number of nitrogens with one attached hydrogen (secondary N) is 1. The zero-order chi connectivity index (χ0) is 14.8. The van der Waals surface area contributed by atoms with Crippen molar-refractivity contribution in [2.75, 3.05) is 13.6 Å². The van der Waals surface area contributed by atoms with E-state index in [0.29, 0.717) is 19.1 Å². The van der Waals surface area contributed by atoms with E-state index >= 15 is 0 Å². The SMILES string of the molecule is Cc1cc(CN(C)CCC(F)(F)F)oc1CNC1CC1. The first kappa shape index (κ1) is 15.4. The molecule has 0 aliphatic heterocycles. The van der Waals surface area contributed by atoms with Crippen LogP contribution in [0, 0.1) is 6.92 Å². The molecule has 3 nitrogen and oxygen atoms in total. The molecule has 0 bridgehead atoms. The van der Waals surface area contributed by atoms with Gasteiger partial charge in [0.1, 0.15) is 11.5 Å². The number of nitrogens with zero attached hydrogens (tertiary/aromatic N) is 1. The monoisotopic (exact) mass is 290 g/mol. The molecule has 6 heteroatoms. The van der Waals surface area contributed by atoms with Crippen molar-refractivity contribution in [1.82, 2.24) is 10.2 Å². The van der Waals surface area contributed by atoms with Gasteiger partial charge in [-0.1, -0.05) is 0 Å². The van der Waals surface area contributed by atoms with Crippen LogP contribution in [0.2, 0.25) is 0 Å². The van der Waals surface area contributed by atoms with Crippen molar-refractivity contribution < 1.29 is 17.6 Å². The molecule has 0 aromatic carbocycles. The summed E-state index contributed by atoms with van der Waals surface area (Å²) < 4.78 is 42.1. The molecule has 1 aromatic heterocycles. The highest BCUT2D eigenvalue weighted by Gasteiger charge is 2.27. The van der Waals surface area contributed by atoms with Gasteiger partial charge in [0.05, 0.1) is 19.5 Å². The lowest BCUT2D eigenvalue weighted by molar-refractivity contribution is -0.137. The third-order valence-electron chi connectivity index (χ3n) is 3.40. The average Bonchev–Trinajstić information content (AvgIpc) is 3.09. The van der Waals surface area contributed by atoms with E-state index in [1.807, 2.05) is 13.0 Å². The van der Waals surface area contributed by atoms with Gasteiger partial charge in [0.2, 0.25) is 0 Å². The molecule has 0 spiro atoms. The molecule has 1 heterocycles. The highest BCUT2D eigenvalue weighted by molar-refractivity contribution is 5.20. The summed E-state index contributed by atoms with van der Waals surface area (Å²) in [6.07, 6.45) is -2.47. The van der Waals surface area contributed by atoms with Crippen LogP contribution in [0.3, 0.4) is 0 Å². The van der Waals surface area contributed by atoms with Crippen molar-refractivity contribution in [3.8, 4) is 0 Å². The third kappa shape index (κ3) is 5.17. The van der Waals surface area contributed by atoms with E-state index in [9.17, 15) is 13.2 Å². The van der Waals surface area contributed by atoms with Crippen LogP contribution in [0.1, 0.15) is 36.3 Å². The van der Waals surface area contributed by atoms with Crippen LogP contribution in [-0.2, 0) is 13.1 Å². The Morgan fingerprint density at radius 3 is 2.70 bits per heavy atom. The van der Waals surface area contributed by atoms with Gasteiger partial charge in [-0.05, 0) is 38.4 Å². The van der Waals surface area contributed by atoms with Crippen molar-refractivity contribution in [3.63, 3.8) is 0 Å². The summed E-state index contributed by atoms with van der Waals surface area (Å²) in [5.74, 6) is 1.61. The lowest BCUT2D eigenvalue weighted by atomic mass is 10.2. The summed E-state index contributed by atoms with van der Waals surface area (Å²) in [5.41, 5.74) is 1.05. The van der Waals surface area contributed by atoms with Gasteiger partial charge in [-0.25, -0.2) is 0 Å². The Balaban J connectivity index is 1.80. The summed E-state index contributed by atoms with van der Waals surface area (Å²) >= 11 is 0. The Labute approximate surface area is 117 Å². The summed E-state index contributed by atoms with van der Waals surface area (Å²) in [6.45, 7) is 3.05. The Kier molecular flexibility index (Phi) is 4.75. The van der Waals surface area contributed by atoms with Gasteiger partial charge in [-0.15, -0.1) is 0 Å². The molecule has 1 aliphatic rings. The second-order valence-corrected chi connectivity index (χ2v) is 5.58. The van der Waals surface area contributed by atoms with Crippen LogP contribution in [0.5, 0.6) is 0 Å². The Hall–Kier alpha value is -1.01. The highest BCUT2D eigenvalue weighted by Crippen LogP contribution is 2.22. The first-order valence-electron chi connectivity index (χ1n) is 6.90. The van der Waals surface area contributed by atoms with E-state index in [1.54, 1.807) is 11.9 Å². The number of hydrogen-bond donors (Lipinski definition) is 1. The minimum Gasteiger partial charge on any atom is -0.463 e. The predicted octanol–water partition coefficient (Wildman–Crippen LogP) is 3.22. The second kappa shape index (κ2) is 6.18. The van der Waals surface area contributed by atoms with Crippen molar-refractivity contribution in [2.45, 2.75) is 51.5 Å². The largest absolute Gasteiger partial charge is 0.463 e. The van der Waals surface area contributed by atoms with Gasteiger partial charge in [0.25, 0.3) is 0 Å².